The highest BCUT2D eigenvalue weighted by Crippen LogP contribution is 2.35. The molecule has 0 spiro atoms. The molecule has 1 atom stereocenters. The van der Waals surface area contributed by atoms with Crippen LogP contribution >= 0.6 is 0 Å². The minimum Gasteiger partial charge on any atom is -0.494 e. The van der Waals surface area contributed by atoms with E-state index in [-0.39, 0.29) is 42.5 Å². The maximum Gasteiger partial charge on any atom is 0.453 e. The highest BCUT2D eigenvalue weighted by Gasteiger charge is 2.41. The molecule has 17 heteroatoms. The van der Waals surface area contributed by atoms with Gasteiger partial charge >= 0.3 is 6.18 Å². The van der Waals surface area contributed by atoms with Crippen molar-refractivity contribution >= 4 is 29.5 Å². The molecule has 3 saturated heterocycles. The zero-order valence-electron chi connectivity index (χ0n) is 32.2. The van der Waals surface area contributed by atoms with Gasteiger partial charge in [0.25, 0.3) is 11.7 Å². The van der Waals surface area contributed by atoms with Gasteiger partial charge in [-0.25, -0.2) is 0 Å². The van der Waals surface area contributed by atoms with Crippen LogP contribution < -0.4 is 10.1 Å². The largest absolute Gasteiger partial charge is 0.494 e. The van der Waals surface area contributed by atoms with E-state index in [1.165, 1.54) is 5.56 Å². The predicted octanol–water partition coefficient (Wildman–Crippen LogP) is 4.63. The number of fused-ring (bicyclic) bond motifs is 2. The van der Waals surface area contributed by atoms with Crippen molar-refractivity contribution in [2.45, 2.75) is 94.8 Å². The fraction of sp³-hybridized carbons (Fsp3) is 0.537. The van der Waals surface area contributed by atoms with Crippen molar-refractivity contribution in [3.05, 3.63) is 76.4 Å². The van der Waals surface area contributed by atoms with Crippen LogP contribution in [0.5, 0.6) is 5.75 Å². The summed E-state index contributed by atoms with van der Waals surface area (Å²) in [7, 11) is 0. The molecule has 5 aliphatic rings. The number of carbonyl (C=O) groups is 4. The van der Waals surface area contributed by atoms with Crippen molar-refractivity contribution in [2.24, 2.45) is 5.10 Å². The first-order valence-corrected chi connectivity index (χ1v) is 20.2. The number of carbonyl (C=O) groups excluding carboxylic acids is 4. The van der Waals surface area contributed by atoms with Crippen LogP contribution in [0.3, 0.4) is 0 Å². The third-order valence-corrected chi connectivity index (χ3v) is 12.0. The first-order valence-electron chi connectivity index (χ1n) is 20.2. The number of nitrogens with zero attached hydrogens (tertiary/aromatic N) is 7. The second-order valence-electron chi connectivity index (χ2n) is 15.7. The zero-order chi connectivity index (χ0) is 40.4. The third-order valence-electron chi connectivity index (χ3n) is 12.0. The molecule has 308 valence electrons. The lowest BCUT2D eigenvalue weighted by molar-refractivity contribution is -0.147. The molecule has 14 nitrogen and oxygen atoms in total. The summed E-state index contributed by atoms with van der Waals surface area (Å²) < 4.78 is 52.5. The van der Waals surface area contributed by atoms with Gasteiger partial charge in [0.1, 0.15) is 24.2 Å². The minimum atomic E-state index is -4.61. The quantitative estimate of drug-likeness (QED) is 0.216. The average molecular weight is 805 g/mol. The van der Waals surface area contributed by atoms with Crippen molar-refractivity contribution in [1.82, 2.24) is 34.9 Å². The number of likely N-dealkylation sites (tertiary alicyclic amines) is 2. The summed E-state index contributed by atoms with van der Waals surface area (Å²) in [5.74, 6) is 0.266. The number of hydrogen-bond donors (Lipinski definition) is 1. The lowest BCUT2D eigenvalue weighted by atomic mass is 9.88. The van der Waals surface area contributed by atoms with E-state index in [0.29, 0.717) is 82.5 Å². The van der Waals surface area contributed by atoms with Crippen molar-refractivity contribution in [1.29, 1.82) is 0 Å². The summed E-state index contributed by atoms with van der Waals surface area (Å²) in [5, 5.41) is 13.6. The molecule has 0 aliphatic carbocycles. The molecular formula is C41H47F3N8O6. The fourth-order valence-electron chi connectivity index (χ4n) is 8.72. The van der Waals surface area contributed by atoms with Crippen molar-refractivity contribution in [3.63, 3.8) is 0 Å². The third kappa shape index (κ3) is 8.59. The van der Waals surface area contributed by atoms with Crippen LogP contribution in [0.4, 0.5) is 13.2 Å². The Morgan fingerprint density at radius 3 is 2.28 bits per heavy atom. The Kier molecular flexibility index (Phi) is 11.5. The van der Waals surface area contributed by atoms with Crippen LogP contribution in [0.2, 0.25) is 0 Å². The number of hydrogen-bond acceptors (Lipinski definition) is 10. The van der Waals surface area contributed by atoms with Gasteiger partial charge in [-0.05, 0) is 91.7 Å². The number of aryl methyl sites for hydroxylation is 1. The first-order chi connectivity index (χ1) is 28.0. The topological polar surface area (TPSA) is 152 Å². The number of rotatable bonds is 11. The lowest BCUT2D eigenvalue weighted by Gasteiger charge is -2.35. The first kappa shape index (κ1) is 39.5. The maximum atomic E-state index is 13.3. The summed E-state index contributed by atoms with van der Waals surface area (Å²) in [4.78, 5) is 55.4. The van der Waals surface area contributed by atoms with Gasteiger partial charge in [0, 0.05) is 64.2 Å². The number of piperidine rings is 3. The van der Waals surface area contributed by atoms with Crippen molar-refractivity contribution < 1.29 is 41.8 Å². The lowest BCUT2D eigenvalue weighted by Crippen LogP contribution is -2.52. The number of halogens is 3. The number of alkyl halides is 3. The van der Waals surface area contributed by atoms with E-state index < -0.39 is 23.9 Å². The summed E-state index contributed by atoms with van der Waals surface area (Å²) in [6.07, 6.45) is 1.78. The van der Waals surface area contributed by atoms with Gasteiger partial charge in [0.15, 0.2) is 5.82 Å². The Morgan fingerprint density at radius 2 is 1.53 bits per heavy atom. The highest BCUT2D eigenvalue weighted by molar-refractivity contribution is 6.05. The fourth-order valence-corrected chi connectivity index (χ4v) is 8.72. The average Bonchev–Trinajstić information content (AvgIpc) is 3.81. The Bertz CT molecular complexity index is 2050. The van der Waals surface area contributed by atoms with Crippen LogP contribution in [0.15, 0.2) is 47.6 Å². The molecule has 5 aliphatic heterocycles. The second kappa shape index (κ2) is 16.9. The molecule has 1 unspecified atom stereocenters. The van der Waals surface area contributed by atoms with Gasteiger partial charge in [0.2, 0.25) is 17.7 Å². The number of ether oxygens (including phenoxy) is 2. The van der Waals surface area contributed by atoms with E-state index >= 15 is 0 Å². The number of amides is 4. The van der Waals surface area contributed by atoms with Crippen LogP contribution in [0.1, 0.15) is 108 Å². The number of imide groups is 1. The standard InChI is InChI=1S/C41H47F3N8O6/c42-41(43,44)40-47-46-34-10-11-35(48-52(34)40)49-17-13-27(14-18-49)26-3-6-31(7-4-26)58-22-2-1-21-57-25-37(54)50-19-15-28(16-20-50)29-5-8-32-30(23-29)24-51(39(32)56)33-9-12-36(53)45-38(33)55/h3-8,23,27-28,33H,1-2,9-22,24-25H2,(H,45,53,55). The number of benzene rings is 2. The molecule has 1 aromatic heterocycles. The highest BCUT2D eigenvalue weighted by atomic mass is 19.4. The summed E-state index contributed by atoms with van der Waals surface area (Å²) in [6, 6.07) is 13.4. The molecule has 4 amide bonds. The Morgan fingerprint density at radius 1 is 0.828 bits per heavy atom. The molecule has 0 saturated carbocycles. The summed E-state index contributed by atoms with van der Waals surface area (Å²) in [5.41, 5.74) is 3.84. The van der Waals surface area contributed by atoms with E-state index in [0.717, 1.165) is 60.1 Å². The Labute approximate surface area is 333 Å². The maximum absolute atomic E-state index is 13.3. The van der Waals surface area contributed by atoms with Gasteiger partial charge in [-0.2, -0.15) is 22.9 Å². The molecular weight excluding hydrogens is 757 g/mol. The number of unbranched alkanes of at least 4 members (excludes halogenated alkanes) is 1. The van der Waals surface area contributed by atoms with Gasteiger partial charge < -0.3 is 24.2 Å². The van der Waals surface area contributed by atoms with Crippen LogP contribution in [0, 0.1) is 0 Å². The molecule has 0 bridgehead atoms. The van der Waals surface area contributed by atoms with E-state index in [2.05, 4.69) is 43.7 Å². The van der Waals surface area contributed by atoms with E-state index in [9.17, 15) is 32.3 Å². The van der Waals surface area contributed by atoms with Crippen LogP contribution in [-0.2, 0) is 38.3 Å². The SMILES string of the molecule is O=C1CCC(N2Cc3cc(C4CCN(C(=O)COCCCCOc5ccc(C6CCN(C7=Nn8c(nnc8C(F)(F)F)CC7)CC6)cc5)CC4)ccc3C2=O)C(=O)N1. The number of amidine groups is 1. The van der Waals surface area contributed by atoms with Gasteiger partial charge in [-0.1, -0.05) is 24.3 Å². The van der Waals surface area contributed by atoms with Crippen molar-refractivity contribution in [2.75, 3.05) is 46.0 Å². The van der Waals surface area contributed by atoms with Gasteiger partial charge in [-0.15, -0.1) is 10.2 Å². The molecule has 58 heavy (non-hydrogen) atoms. The summed E-state index contributed by atoms with van der Waals surface area (Å²) >= 11 is 0. The second-order valence-corrected chi connectivity index (χ2v) is 15.7. The van der Waals surface area contributed by atoms with Crippen LogP contribution in [-0.4, -0.2) is 111 Å². The minimum absolute atomic E-state index is 0.0206. The Hall–Kier alpha value is -5.32. The molecule has 1 N–H and O–H groups in total. The normalized spacial score (nSPS) is 20.5. The molecule has 3 fully saturated rings. The molecule has 8 rings (SSSR count). The molecule has 3 aromatic rings. The zero-order valence-corrected chi connectivity index (χ0v) is 32.2. The summed E-state index contributed by atoms with van der Waals surface area (Å²) in [6.45, 7) is 4.07. The van der Waals surface area contributed by atoms with Crippen LogP contribution in [0.25, 0.3) is 0 Å². The van der Waals surface area contributed by atoms with Crippen molar-refractivity contribution in [3.8, 4) is 5.75 Å². The van der Waals surface area contributed by atoms with E-state index in [1.807, 2.05) is 29.2 Å². The van der Waals surface area contributed by atoms with Gasteiger partial charge in [-0.3, -0.25) is 24.5 Å². The smallest absolute Gasteiger partial charge is 0.453 e. The Balaban J connectivity index is 0.696. The molecule has 6 heterocycles. The number of nitrogens with one attached hydrogen (secondary N) is 1. The number of aromatic nitrogens is 3. The molecule has 0 radical (unpaired) electrons. The van der Waals surface area contributed by atoms with E-state index in [4.69, 9.17) is 9.47 Å². The monoisotopic (exact) mass is 804 g/mol. The predicted molar refractivity (Wildman–Crippen MR) is 203 cm³/mol. The molecule has 2 aromatic carbocycles. The van der Waals surface area contributed by atoms with E-state index in [1.54, 1.807) is 4.90 Å². The van der Waals surface area contributed by atoms with Gasteiger partial charge in [0.05, 0.1) is 6.61 Å².